The van der Waals surface area contributed by atoms with Crippen LogP contribution in [-0.2, 0) is 45.3 Å². The van der Waals surface area contributed by atoms with Gasteiger partial charge in [-0.2, -0.15) is 8.42 Å². The maximum atomic E-state index is 14.4. The first-order chi connectivity index (χ1) is 24.3. The summed E-state index contributed by atoms with van der Waals surface area (Å²) in [5.41, 5.74) is 8.75. The summed E-state index contributed by atoms with van der Waals surface area (Å²) in [5, 5.41) is 18.4. The fraction of sp³-hybridized carbons (Fsp3) is 0.219. The van der Waals surface area contributed by atoms with Crippen molar-refractivity contribution in [2.45, 2.75) is 28.0 Å². The quantitative estimate of drug-likeness (QED) is 0.0373. The van der Waals surface area contributed by atoms with Crippen LogP contribution in [0.25, 0.3) is 27.9 Å². The number of amides is 1. The molecule has 1 heterocycles. The lowest BCUT2D eigenvalue weighted by Gasteiger charge is -2.36. The van der Waals surface area contributed by atoms with E-state index in [1.54, 1.807) is 30.3 Å². The first-order valence-corrected chi connectivity index (χ1v) is 19.8. The van der Waals surface area contributed by atoms with Gasteiger partial charge in [-0.25, -0.2) is 26.4 Å². The average molecular weight is 776 g/mol. The van der Waals surface area contributed by atoms with Crippen molar-refractivity contribution in [1.82, 2.24) is 10.0 Å². The molecule has 1 aliphatic heterocycles. The SMILES string of the molecule is NCCNC(=O)C1(c2c3ccc(=[NH2+])c(S(=O)(=O)[O-])c-3oc3c(S(=O)(=O)NCCCS(=O)(=O)O)c(N)ccc23)C=C(C(=O)O)C(c2ccccc2)=CC1. The Balaban J connectivity index is 1.93. The van der Waals surface area contributed by atoms with Gasteiger partial charge in [-0.05, 0) is 53.8 Å². The number of fused-ring (bicyclic) bond motifs is 2. The van der Waals surface area contributed by atoms with E-state index in [4.69, 9.17) is 25.8 Å². The predicted octanol–water partition coefficient (Wildman–Crippen LogP) is -0.949. The number of nitrogen functional groups attached to an aromatic ring is 1. The van der Waals surface area contributed by atoms with Crippen LogP contribution >= 0.6 is 0 Å². The van der Waals surface area contributed by atoms with Gasteiger partial charge in [0.25, 0.3) is 10.1 Å². The van der Waals surface area contributed by atoms with Gasteiger partial charge in [-0.15, -0.1) is 0 Å². The van der Waals surface area contributed by atoms with Crippen LogP contribution in [-0.4, -0.2) is 76.7 Å². The summed E-state index contributed by atoms with van der Waals surface area (Å²) in [4.78, 5) is 25.5. The lowest BCUT2D eigenvalue weighted by Crippen LogP contribution is -2.48. The number of rotatable bonds is 13. The molecule has 2 aliphatic carbocycles. The van der Waals surface area contributed by atoms with Gasteiger partial charge in [0.15, 0.2) is 16.2 Å². The van der Waals surface area contributed by atoms with Gasteiger partial charge in [0.05, 0.1) is 22.4 Å². The number of nitrogens with two attached hydrogens (primary N) is 3. The van der Waals surface area contributed by atoms with Crippen LogP contribution in [0.4, 0.5) is 5.69 Å². The molecule has 1 unspecified atom stereocenters. The molecule has 0 fully saturated rings. The number of nitrogens with one attached hydrogen (secondary N) is 2. The van der Waals surface area contributed by atoms with Gasteiger partial charge in [0.1, 0.15) is 15.0 Å². The van der Waals surface area contributed by atoms with Crippen molar-refractivity contribution in [3.63, 3.8) is 0 Å². The molecule has 2 aromatic carbocycles. The highest BCUT2D eigenvalue weighted by molar-refractivity contribution is 7.90. The van der Waals surface area contributed by atoms with Gasteiger partial charge in [0, 0.05) is 36.7 Å². The van der Waals surface area contributed by atoms with Crippen LogP contribution in [0.1, 0.15) is 24.0 Å². The summed E-state index contributed by atoms with van der Waals surface area (Å²) < 4.78 is 105. The molecule has 0 radical (unpaired) electrons. The minimum absolute atomic E-state index is 0.0364. The van der Waals surface area contributed by atoms with Gasteiger partial charge in [-0.3, -0.25) is 14.8 Å². The highest BCUT2D eigenvalue weighted by Crippen LogP contribution is 2.49. The molecule has 5 rings (SSSR count). The number of carbonyl (C=O) groups is 2. The zero-order valence-corrected chi connectivity index (χ0v) is 29.5. The lowest BCUT2D eigenvalue weighted by atomic mass is 9.68. The summed E-state index contributed by atoms with van der Waals surface area (Å²) >= 11 is 0. The van der Waals surface area contributed by atoms with E-state index in [2.05, 4.69) is 10.0 Å². The molecule has 3 aliphatic rings. The van der Waals surface area contributed by atoms with Crippen molar-refractivity contribution >= 4 is 64.4 Å². The number of hydrogen-bond acceptors (Lipinski definition) is 12. The van der Waals surface area contributed by atoms with Crippen molar-refractivity contribution in [3.8, 4) is 11.3 Å². The van der Waals surface area contributed by atoms with Gasteiger partial charge >= 0.3 is 5.97 Å². The Kier molecular flexibility index (Phi) is 10.5. The minimum Gasteiger partial charge on any atom is -0.744 e. The molecule has 10 N–H and O–H groups in total. The van der Waals surface area contributed by atoms with E-state index in [1.165, 1.54) is 18.2 Å². The molecule has 0 bridgehead atoms. The van der Waals surface area contributed by atoms with Crippen LogP contribution < -0.4 is 32.3 Å². The Morgan fingerprint density at radius 2 is 1.67 bits per heavy atom. The molecule has 0 saturated carbocycles. The largest absolute Gasteiger partial charge is 0.744 e. The van der Waals surface area contributed by atoms with Gasteiger partial charge in [-0.1, -0.05) is 36.4 Å². The third kappa shape index (κ3) is 7.35. The van der Waals surface area contributed by atoms with Crippen LogP contribution in [0, 0.1) is 0 Å². The Bertz CT molecular complexity index is 2530. The topological polar surface area (TPSA) is 315 Å². The van der Waals surface area contributed by atoms with Crippen molar-refractivity contribution in [3.05, 3.63) is 88.8 Å². The summed E-state index contributed by atoms with van der Waals surface area (Å²) in [6.45, 7) is -0.646. The van der Waals surface area contributed by atoms with Crippen molar-refractivity contribution in [2.24, 2.45) is 5.73 Å². The number of allylic oxidation sites excluding steroid dienone is 1. The van der Waals surface area contributed by atoms with E-state index in [-0.39, 0.29) is 53.6 Å². The second-order valence-corrected chi connectivity index (χ2v) is 16.3. The second-order valence-electron chi connectivity index (χ2n) is 11.8. The molecule has 17 nitrogen and oxygen atoms in total. The smallest absolute Gasteiger partial charge is 0.336 e. The second kappa shape index (κ2) is 14.2. The zero-order valence-electron chi connectivity index (χ0n) is 27.0. The molecular weight excluding hydrogens is 743 g/mol. The Labute approximate surface area is 297 Å². The normalized spacial score (nSPS) is 16.8. The Morgan fingerprint density at radius 1 is 0.981 bits per heavy atom. The Hall–Kier alpha value is -4.96. The summed E-state index contributed by atoms with van der Waals surface area (Å²) in [5.74, 6) is -3.79. The summed E-state index contributed by atoms with van der Waals surface area (Å²) in [6.07, 6.45) is 2.02. The summed E-state index contributed by atoms with van der Waals surface area (Å²) in [6, 6.07) is 13.2. The molecule has 52 heavy (non-hydrogen) atoms. The van der Waals surface area contributed by atoms with Crippen molar-refractivity contribution in [2.75, 3.05) is 31.1 Å². The molecule has 276 valence electrons. The standard InChI is InChI=1S/C32H33N5O12S3/c33-13-15-36-31(40)32(12-11-19(22(17-32)30(38)39)18-5-2-1-3-6-18)25-20-7-9-23(34)28(51(44,45)37-14-4-16-50(41,42)43)26(20)49-27-21(25)8-10-24(35)29(27)52(46,47)48/h1-3,5-11,17,35,37H,4,12-16,33-34H2,(H,36,40)(H,38,39)(H,41,42,43)(H,46,47,48). The third-order valence-electron chi connectivity index (χ3n) is 8.32. The molecular formula is C32H33N5O12S3. The van der Waals surface area contributed by atoms with E-state index >= 15 is 0 Å². The van der Waals surface area contributed by atoms with Gasteiger partial charge < -0.3 is 30.9 Å². The number of aliphatic carboxylic acids is 1. The molecule has 0 aromatic heterocycles. The maximum Gasteiger partial charge on any atom is 0.336 e. The van der Waals surface area contributed by atoms with E-state index < -0.39 is 92.0 Å². The van der Waals surface area contributed by atoms with E-state index in [1.807, 2.05) is 0 Å². The summed E-state index contributed by atoms with van der Waals surface area (Å²) in [7, 11) is -14.7. The monoisotopic (exact) mass is 775 g/mol. The van der Waals surface area contributed by atoms with Crippen LogP contribution in [0.3, 0.4) is 0 Å². The molecule has 0 saturated heterocycles. The average Bonchev–Trinajstić information content (AvgIpc) is 3.06. The first-order valence-electron chi connectivity index (χ1n) is 15.3. The predicted molar refractivity (Wildman–Crippen MR) is 185 cm³/mol. The highest BCUT2D eigenvalue weighted by atomic mass is 32.2. The molecule has 0 spiro atoms. The molecule has 20 heteroatoms. The van der Waals surface area contributed by atoms with Crippen LogP contribution in [0.15, 0.2) is 86.5 Å². The van der Waals surface area contributed by atoms with Crippen LogP contribution in [0.2, 0.25) is 0 Å². The zero-order chi connectivity index (χ0) is 38.2. The van der Waals surface area contributed by atoms with Crippen LogP contribution in [0.5, 0.6) is 0 Å². The van der Waals surface area contributed by atoms with Gasteiger partial charge in [0.2, 0.25) is 21.3 Å². The van der Waals surface area contributed by atoms with E-state index in [0.717, 1.165) is 18.2 Å². The number of benzene rings is 3. The fourth-order valence-electron chi connectivity index (χ4n) is 6.16. The van der Waals surface area contributed by atoms with Crippen molar-refractivity contribution < 1.29 is 58.9 Å². The fourth-order valence-corrected chi connectivity index (χ4v) is 8.74. The van der Waals surface area contributed by atoms with Crippen molar-refractivity contribution in [1.29, 1.82) is 0 Å². The molecule has 1 amide bonds. The van der Waals surface area contributed by atoms with E-state index in [0.29, 0.717) is 5.56 Å². The highest BCUT2D eigenvalue weighted by Gasteiger charge is 2.46. The van der Waals surface area contributed by atoms with E-state index in [9.17, 15) is 44.5 Å². The molecule has 2 aromatic rings. The number of carboxylic acid groups (broad SMARTS) is 1. The minimum atomic E-state index is -5.47. The molecule has 1 atom stereocenters. The lowest BCUT2D eigenvalue weighted by molar-refractivity contribution is -0.176. The first kappa shape index (κ1) is 38.3. The number of carbonyl (C=O) groups excluding carboxylic acids is 1. The Morgan fingerprint density at radius 3 is 2.29 bits per heavy atom. The maximum absolute atomic E-state index is 14.4. The number of anilines is 1. The number of sulfonamides is 1. The third-order valence-corrected chi connectivity index (χ3v) is 11.6. The number of carboxylic acids is 1. The number of hydrogen-bond donors (Lipinski definition) is 7.